The number of para-hydroxylation sites is 2. The molecule has 0 saturated carbocycles. The number of benzene rings is 1. The van der Waals surface area contributed by atoms with E-state index in [0.29, 0.717) is 44.1 Å². The maximum absolute atomic E-state index is 12.0. The Labute approximate surface area is 149 Å². The number of rotatable bonds is 4. The van der Waals surface area contributed by atoms with Crippen LogP contribution in [0.5, 0.6) is 0 Å². The number of hydrogen-bond donors (Lipinski definition) is 0. The average Bonchev–Trinajstić information content (AvgIpc) is 2.65. The molecule has 138 valence electrons. The van der Waals surface area contributed by atoms with E-state index in [2.05, 4.69) is 4.90 Å². The number of anilines is 1. The van der Waals surface area contributed by atoms with E-state index in [-0.39, 0.29) is 21.9 Å². The molecule has 1 saturated heterocycles. The number of nitro groups is 1. The van der Waals surface area contributed by atoms with Gasteiger partial charge >= 0.3 is 5.69 Å². The molecule has 1 aromatic carbocycles. The lowest BCUT2D eigenvalue weighted by Crippen LogP contribution is -2.47. The predicted octanol–water partition coefficient (Wildman–Crippen LogP) is 0.314. The van der Waals surface area contributed by atoms with Gasteiger partial charge < -0.3 is 4.90 Å². The van der Waals surface area contributed by atoms with Crippen molar-refractivity contribution in [3.8, 4) is 0 Å². The van der Waals surface area contributed by atoms with Gasteiger partial charge in [0.15, 0.2) is 0 Å². The fourth-order valence-corrected chi connectivity index (χ4v) is 3.19. The number of aromatic nitrogens is 2. The normalized spacial score (nSPS) is 15.2. The van der Waals surface area contributed by atoms with E-state index in [0.717, 1.165) is 4.57 Å². The third-order valence-electron chi connectivity index (χ3n) is 4.80. The molecule has 1 aromatic heterocycles. The van der Waals surface area contributed by atoms with Crippen LogP contribution in [0.25, 0.3) is 0 Å². The lowest BCUT2D eigenvalue weighted by atomic mass is 10.2. The van der Waals surface area contributed by atoms with Crippen LogP contribution in [0.1, 0.15) is 5.69 Å². The first-order valence-electron chi connectivity index (χ1n) is 8.35. The molecule has 1 fully saturated rings. The Balaban J connectivity index is 1.72. The van der Waals surface area contributed by atoms with Crippen molar-refractivity contribution in [3.05, 3.63) is 67.0 Å². The summed E-state index contributed by atoms with van der Waals surface area (Å²) in [6.07, 6.45) is 0. The van der Waals surface area contributed by atoms with Crippen molar-refractivity contribution in [2.24, 2.45) is 14.1 Å². The van der Waals surface area contributed by atoms with Crippen LogP contribution in [-0.4, -0.2) is 45.1 Å². The van der Waals surface area contributed by atoms with Crippen LogP contribution in [0.2, 0.25) is 0 Å². The van der Waals surface area contributed by atoms with Gasteiger partial charge in [-0.3, -0.25) is 28.9 Å². The lowest BCUT2D eigenvalue weighted by molar-refractivity contribution is -0.384. The molecule has 26 heavy (non-hydrogen) atoms. The summed E-state index contributed by atoms with van der Waals surface area (Å²) in [5.41, 5.74) is 0.734. The Kier molecular flexibility index (Phi) is 4.90. The van der Waals surface area contributed by atoms with Crippen LogP contribution in [0.4, 0.5) is 11.4 Å². The summed E-state index contributed by atoms with van der Waals surface area (Å²) in [6, 6.07) is 8.21. The minimum Gasteiger partial charge on any atom is -0.363 e. The standard InChI is InChI=1S/C17H21N5O4/c1-18-13(11-16(23)19(2)17(18)24)12-20-7-9-21(10-8-20)14-5-3-4-6-15(14)22(25)26/h3-6,11H,7-10,12H2,1-2H3. The average molecular weight is 359 g/mol. The molecule has 9 heteroatoms. The van der Waals surface area contributed by atoms with E-state index in [1.165, 1.54) is 23.7 Å². The molecule has 0 N–H and O–H groups in total. The maximum Gasteiger partial charge on any atom is 0.330 e. The van der Waals surface area contributed by atoms with Crippen LogP contribution < -0.4 is 16.1 Å². The minimum atomic E-state index is -0.364. The van der Waals surface area contributed by atoms with Crippen molar-refractivity contribution in [2.45, 2.75) is 6.54 Å². The zero-order valence-corrected chi connectivity index (χ0v) is 14.8. The van der Waals surface area contributed by atoms with Crippen LogP contribution in [0.15, 0.2) is 39.9 Å². The van der Waals surface area contributed by atoms with E-state index >= 15 is 0 Å². The highest BCUT2D eigenvalue weighted by atomic mass is 16.6. The molecule has 2 aromatic rings. The second-order valence-electron chi connectivity index (χ2n) is 6.38. The minimum absolute atomic E-state index is 0.106. The molecule has 0 bridgehead atoms. The van der Waals surface area contributed by atoms with Crippen molar-refractivity contribution in [1.29, 1.82) is 0 Å². The number of nitrogens with zero attached hydrogens (tertiary/aromatic N) is 5. The highest BCUT2D eigenvalue weighted by molar-refractivity contribution is 5.63. The molecule has 0 unspecified atom stereocenters. The van der Waals surface area contributed by atoms with Gasteiger partial charge in [0.2, 0.25) is 0 Å². The fourth-order valence-electron chi connectivity index (χ4n) is 3.19. The second kappa shape index (κ2) is 7.12. The Morgan fingerprint density at radius 1 is 1.04 bits per heavy atom. The summed E-state index contributed by atoms with van der Waals surface area (Å²) in [6.45, 7) is 3.16. The molecule has 3 rings (SSSR count). The number of piperazine rings is 1. The summed E-state index contributed by atoms with van der Waals surface area (Å²) in [7, 11) is 3.11. The number of hydrogen-bond acceptors (Lipinski definition) is 6. The molecule has 0 spiro atoms. The smallest absolute Gasteiger partial charge is 0.330 e. The van der Waals surface area contributed by atoms with Crippen LogP contribution in [0.3, 0.4) is 0 Å². The molecule has 9 nitrogen and oxygen atoms in total. The largest absolute Gasteiger partial charge is 0.363 e. The van der Waals surface area contributed by atoms with Gasteiger partial charge in [-0.05, 0) is 6.07 Å². The molecule has 1 aliphatic rings. The van der Waals surface area contributed by atoms with E-state index in [4.69, 9.17) is 0 Å². The molecular weight excluding hydrogens is 338 g/mol. The molecule has 2 heterocycles. The van der Waals surface area contributed by atoms with Crippen LogP contribution in [-0.2, 0) is 20.6 Å². The van der Waals surface area contributed by atoms with Gasteiger partial charge in [-0.2, -0.15) is 0 Å². The van der Waals surface area contributed by atoms with Crippen LogP contribution >= 0.6 is 0 Å². The topological polar surface area (TPSA) is 93.6 Å². The first kappa shape index (κ1) is 17.9. The van der Waals surface area contributed by atoms with Gasteiger partial charge in [-0.25, -0.2) is 4.79 Å². The van der Waals surface area contributed by atoms with E-state index < -0.39 is 0 Å². The van der Waals surface area contributed by atoms with Crippen molar-refractivity contribution < 1.29 is 4.92 Å². The Bertz CT molecular complexity index is 941. The van der Waals surface area contributed by atoms with Gasteiger partial charge in [0, 0.05) is 64.6 Å². The molecule has 0 radical (unpaired) electrons. The first-order chi connectivity index (χ1) is 12.4. The highest BCUT2D eigenvalue weighted by Crippen LogP contribution is 2.28. The zero-order valence-electron chi connectivity index (χ0n) is 14.8. The fraction of sp³-hybridized carbons (Fsp3) is 0.412. The molecule has 1 aliphatic heterocycles. The van der Waals surface area contributed by atoms with Crippen molar-refractivity contribution in [3.63, 3.8) is 0 Å². The van der Waals surface area contributed by atoms with Crippen molar-refractivity contribution in [2.75, 3.05) is 31.1 Å². The summed E-state index contributed by atoms with van der Waals surface area (Å²) in [5, 5.41) is 11.2. The van der Waals surface area contributed by atoms with Gasteiger partial charge in [0.1, 0.15) is 5.69 Å². The SMILES string of the molecule is Cn1c(CN2CCN(c3ccccc3[N+](=O)[O-])CC2)cc(=O)n(C)c1=O. The van der Waals surface area contributed by atoms with Crippen molar-refractivity contribution in [1.82, 2.24) is 14.0 Å². The van der Waals surface area contributed by atoms with E-state index in [9.17, 15) is 19.7 Å². The zero-order chi connectivity index (χ0) is 18.8. The number of nitro benzene ring substituents is 1. The Morgan fingerprint density at radius 2 is 1.69 bits per heavy atom. The first-order valence-corrected chi connectivity index (χ1v) is 8.35. The monoisotopic (exact) mass is 359 g/mol. The third-order valence-corrected chi connectivity index (χ3v) is 4.80. The van der Waals surface area contributed by atoms with Gasteiger partial charge in [-0.15, -0.1) is 0 Å². The third kappa shape index (κ3) is 3.38. The summed E-state index contributed by atoms with van der Waals surface area (Å²) < 4.78 is 2.56. The summed E-state index contributed by atoms with van der Waals surface area (Å²) >= 11 is 0. The van der Waals surface area contributed by atoms with Gasteiger partial charge in [-0.1, -0.05) is 12.1 Å². The van der Waals surface area contributed by atoms with Gasteiger partial charge in [0.05, 0.1) is 4.92 Å². The molecule has 0 atom stereocenters. The van der Waals surface area contributed by atoms with Crippen LogP contribution in [0, 0.1) is 10.1 Å². The summed E-state index contributed by atoms with van der Waals surface area (Å²) in [5.74, 6) is 0. The maximum atomic E-state index is 12.0. The predicted molar refractivity (Wildman–Crippen MR) is 97.5 cm³/mol. The molecule has 0 aliphatic carbocycles. The van der Waals surface area contributed by atoms with E-state index in [1.54, 1.807) is 25.2 Å². The van der Waals surface area contributed by atoms with Gasteiger partial charge in [0.25, 0.3) is 11.2 Å². The summed E-state index contributed by atoms with van der Waals surface area (Å²) in [4.78, 5) is 38.9. The lowest BCUT2D eigenvalue weighted by Gasteiger charge is -2.35. The Hall–Kier alpha value is -2.94. The quantitative estimate of drug-likeness (QED) is 0.576. The highest BCUT2D eigenvalue weighted by Gasteiger charge is 2.23. The Morgan fingerprint density at radius 3 is 2.35 bits per heavy atom. The second-order valence-corrected chi connectivity index (χ2v) is 6.38. The molecule has 0 amide bonds. The van der Waals surface area contributed by atoms with E-state index in [1.807, 2.05) is 4.90 Å². The van der Waals surface area contributed by atoms with Crippen molar-refractivity contribution >= 4 is 11.4 Å². The molecular formula is C17H21N5O4.